The van der Waals surface area contributed by atoms with Gasteiger partial charge in [-0.1, -0.05) is 12.1 Å². The van der Waals surface area contributed by atoms with Crippen LogP contribution in [0.1, 0.15) is 24.0 Å². The van der Waals surface area contributed by atoms with Crippen LogP contribution in [0.3, 0.4) is 0 Å². The van der Waals surface area contributed by atoms with Gasteiger partial charge < -0.3 is 25.3 Å². The van der Waals surface area contributed by atoms with Crippen LogP contribution in [-0.4, -0.2) is 50.6 Å². The number of nitrogens with zero attached hydrogens (tertiary/aromatic N) is 1. The number of primary amides is 1. The van der Waals surface area contributed by atoms with Crippen molar-refractivity contribution in [2.75, 3.05) is 33.2 Å². The first-order chi connectivity index (χ1) is 14.9. The van der Waals surface area contributed by atoms with Crippen LogP contribution in [0.2, 0.25) is 0 Å². The maximum atomic E-state index is 12.6. The number of nitrogens with one attached hydrogen (secondary N) is 1. The predicted molar refractivity (Wildman–Crippen MR) is 118 cm³/mol. The number of rotatable bonds is 9. The third-order valence-electron chi connectivity index (χ3n) is 5.38. The van der Waals surface area contributed by atoms with E-state index < -0.39 is 0 Å². The molecule has 0 bridgehead atoms. The van der Waals surface area contributed by atoms with E-state index in [1.54, 1.807) is 12.1 Å². The molecule has 0 aromatic heterocycles. The summed E-state index contributed by atoms with van der Waals surface area (Å²) in [5.41, 5.74) is 7.96. The van der Waals surface area contributed by atoms with Gasteiger partial charge in [0, 0.05) is 12.2 Å². The molecule has 1 atom stereocenters. The zero-order chi connectivity index (χ0) is 22.4. The minimum atomic E-state index is -0.285. The lowest BCUT2D eigenvalue weighted by atomic mass is 10.1. The van der Waals surface area contributed by atoms with Crippen molar-refractivity contribution in [3.05, 3.63) is 47.5 Å². The Morgan fingerprint density at radius 1 is 1.06 bits per heavy atom. The molecule has 0 radical (unpaired) electrons. The molecule has 0 saturated carbocycles. The van der Waals surface area contributed by atoms with E-state index in [-0.39, 0.29) is 24.3 Å². The van der Waals surface area contributed by atoms with Gasteiger partial charge in [0.15, 0.2) is 11.5 Å². The number of nitrogens with two attached hydrogens (primary N) is 1. The van der Waals surface area contributed by atoms with Crippen LogP contribution in [0.5, 0.6) is 17.2 Å². The molecular formula is C23H29N3O5. The van der Waals surface area contributed by atoms with Crippen molar-refractivity contribution >= 4 is 17.5 Å². The number of hydrogen-bond donors (Lipinski definition) is 2. The highest BCUT2D eigenvalue weighted by atomic mass is 16.5. The highest BCUT2D eigenvalue weighted by Gasteiger charge is 2.28. The summed E-state index contributed by atoms with van der Waals surface area (Å²) in [5, 5.41) is 2.93. The van der Waals surface area contributed by atoms with E-state index in [9.17, 15) is 9.59 Å². The largest absolute Gasteiger partial charge is 0.493 e. The fraction of sp³-hybridized carbons (Fsp3) is 0.391. The van der Waals surface area contributed by atoms with Gasteiger partial charge in [-0.25, -0.2) is 0 Å². The number of hydrogen-bond acceptors (Lipinski definition) is 6. The molecule has 1 saturated heterocycles. The van der Waals surface area contributed by atoms with Gasteiger partial charge in [-0.15, -0.1) is 0 Å². The van der Waals surface area contributed by atoms with Crippen LogP contribution in [0.25, 0.3) is 0 Å². The van der Waals surface area contributed by atoms with E-state index in [1.807, 2.05) is 24.3 Å². The van der Waals surface area contributed by atoms with Crippen molar-refractivity contribution in [1.29, 1.82) is 0 Å². The minimum absolute atomic E-state index is 0.150. The number of ether oxygens (including phenoxy) is 3. The van der Waals surface area contributed by atoms with Crippen LogP contribution in [0.15, 0.2) is 36.4 Å². The molecule has 166 valence electrons. The summed E-state index contributed by atoms with van der Waals surface area (Å²) in [4.78, 5) is 26.3. The lowest BCUT2D eigenvalue weighted by molar-refractivity contribution is -0.122. The van der Waals surface area contributed by atoms with Gasteiger partial charge >= 0.3 is 0 Å². The average Bonchev–Trinajstić information content (AvgIpc) is 3.21. The normalized spacial score (nSPS) is 16.0. The molecule has 1 aliphatic rings. The van der Waals surface area contributed by atoms with Gasteiger partial charge in [0.2, 0.25) is 17.6 Å². The Labute approximate surface area is 182 Å². The van der Waals surface area contributed by atoms with Crippen molar-refractivity contribution in [2.45, 2.75) is 31.8 Å². The molecule has 0 aliphatic carbocycles. The SMILES string of the molecule is COc1cc(CC(=O)Nc2cccc(CN3CCCC3C(N)=O)c2)cc(OC)c1OC. The molecular weight excluding hydrogens is 398 g/mol. The van der Waals surface area contributed by atoms with Gasteiger partial charge in [-0.05, 0) is 54.8 Å². The van der Waals surface area contributed by atoms with Crippen molar-refractivity contribution < 1.29 is 23.8 Å². The maximum absolute atomic E-state index is 12.6. The van der Waals surface area contributed by atoms with Gasteiger partial charge in [-0.3, -0.25) is 14.5 Å². The highest BCUT2D eigenvalue weighted by molar-refractivity contribution is 5.92. The highest BCUT2D eigenvalue weighted by Crippen LogP contribution is 2.38. The second-order valence-electron chi connectivity index (χ2n) is 7.49. The second kappa shape index (κ2) is 10.2. The van der Waals surface area contributed by atoms with E-state index >= 15 is 0 Å². The number of methoxy groups -OCH3 is 3. The van der Waals surface area contributed by atoms with Crippen LogP contribution < -0.4 is 25.3 Å². The van der Waals surface area contributed by atoms with Crippen LogP contribution >= 0.6 is 0 Å². The molecule has 2 amide bonds. The lowest BCUT2D eigenvalue weighted by Gasteiger charge is -2.22. The molecule has 8 heteroatoms. The number of likely N-dealkylation sites (tertiary alicyclic amines) is 1. The van der Waals surface area contributed by atoms with E-state index in [2.05, 4.69) is 10.2 Å². The summed E-state index contributed by atoms with van der Waals surface area (Å²) < 4.78 is 16.0. The average molecular weight is 428 g/mol. The van der Waals surface area contributed by atoms with E-state index in [0.29, 0.717) is 29.5 Å². The Balaban J connectivity index is 1.67. The van der Waals surface area contributed by atoms with Crippen molar-refractivity contribution in [2.24, 2.45) is 5.73 Å². The van der Waals surface area contributed by atoms with Gasteiger partial charge in [0.05, 0.1) is 33.8 Å². The fourth-order valence-corrected chi connectivity index (χ4v) is 3.95. The molecule has 0 spiro atoms. The molecule has 3 N–H and O–H groups in total. The van der Waals surface area contributed by atoms with Crippen LogP contribution in [0.4, 0.5) is 5.69 Å². The predicted octanol–water partition coefficient (Wildman–Crippen LogP) is 2.34. The number of benzene rings is 2. The monoisotopic (exact) mass is 427 g/mol. The summed E-state index contributed by atoms with van der Waals surface area (Å²) >= 11 is 0. The number of anilines is 1. The van der Waals surface area contributed by atoms with Crippen molar-refractivity contribution in [1.82, 2.24) is 4.90 Å². The number of carbonyl (C=O) groups is 2. The second-order valence-corrected chi connectivity index (χ2v) is 7.49. The Morgan fingerprint density at radius 2 is 1.77 bits per heavy atom. The summed E-state index contributed by atoms with van der Waals surface area (Å²) in [7, 11) is 4.61. The van der Waals surface area contributed by atoms with Crippen molar-refractivity contribution in [3.8, 4) is 17.2 Å². The van der Waals surface area contributed by atoms with Gasteiger partial charge in [-0.2, -0.15) is 0 Å². The Hall–Kier alpha value is -3.26. The smallest absolute Gasteiger partial charge is 0.234 e. The van der Waals surface area contributed by atoms with Crippen LogP contribution in [0, 0.1) is 0 Å². The summed E-state index contributed by atoms with van der Waals surface area (Å²) in [6.07, 6.45) is 1.90. The van der Waals surface area contributed by atoms with Crippen molar-refractivity contribution in [3.63, 3.8) is 0 Å². The molecule has 2 aromatic carbocycles. The standard InChI is InChI=1S/C23H29N3O5/c1-29-19-11-16(12-20(30-2)22(19)31-3)13-21(27)25-17-7-4-6-15(10-17)14-26-9-5-8-18(26)23(24)28/h4,6-7,10-12,18H,5,8-9,13-14H2,1-3H3,(H2,24,28)(H,25,27). The van der Waals surface area contributed by atoms with E-state index in [1.165, 1.54) is 21.3 Å². The summed E-state index contributed by atoms with van der Waals surface area (Å²) in [6.45, 7) is 1.45. The van der Waals surface area contributed by atoms with Gasteiger partial charge in [0.25, 0.3) is 0 Å². The molecule has 1 unspecified atom stereocenters. The Morgan fingerprint density at radius 3 is 2.39 bits per heavy atom. The van der Waals surface area contributed by atoms with Crippen LogP contribution in [-0.2, 0) is 22.6 Å². The number of carbonyl (C=O) groups excluding carboxylic acids is 2. The molecule has 1 heterocycles. The topological polar surface area (TPSA) is 103 Å². The molecule has 31 heavy (non-hydrogen) atoms. The molecule has 8 nitrogen and oxygen atoms in total. The first-order valence-corrected chi connectivity index (χ1v) is 10.2. The molecule has 3 rings (SSSR count). The zero-order valence-corrected chi connectivity index (χ0v) is 18.1. The third-order valence-corrected chi connectivity index (χ3v) is 5.38. The fourth-order valence-electron chi connectivity index (χ4n) is 3.95. The molecule has 2 aromatic rings. The maximum Gasteiger partial charge on any atom is 0.234 e. The van der Waals surface area contributed by atoms with E-state index in [0.717, 1.165) is 30.5 Å². The number of amides is 2. The quantitative estimate of drug-likeness (QED) is 0.637. The summed E-state index contributed by atoms with van der Waals surface area (Å²) in [5.74, 6) is 1.04. The Bertz CT molecular complexity index is 922. The first kappa shape index (κ1) is 22.4. The minimum Gasteiger partial charge on any atom is -0.493 e. The third kappa shape index (κ3) is 5.46. The van der Waals surface area contributed by atoms with E-state index in [4.69, 9.17) is 19.9 Å². The molecule has 1 fully saturated rings. The lowest BCUT2D eigenvalue weighted by Crippen LogP contribution is -2.39. The zero-order valence-electron chi connectivity index (χ0n) is 18.1. The first-order valence-electron chi connectivity index (χ1n) is 10.2. The molecule has 1 aliphatic heterocycles. The van der Waals surface area contributed by atoms with Gasteiger partial charge in [0.1, 0.15) is 0 Å². The Kier molecular flexibility index (Phi) is 7.36. The summed E-state index contributed by atoms with van der Waals surface area (Å²) in [6, 6.07) is 10.9.